The van der Waals surface area contributed by atoms with Crippen LogP contribution in [0.15, 0.2) is 65.9 Å². The van der Waals surface area contributed by atoms with Gasteiger partial charge in [0.05, 0.1) is 22.5 Å². The van der Waals surface area contributed by atoms with E-state index in [0.29, 0.717) is 12.2 Å². The van der Waals surface area contributed by atoms with Crippen molar-refractivity contribution in [1.82, 2.24) is 4.98 Å². The third-order valence-corrected chi connectivity index (χ3v) is 4.27. The van der Waals surface area contributed by atoms with E-state index < -0.39 is 11.7 Å². The zero-order valence-corrected chi connectivity index (χ0v) is 15.6. The number of rotatable bonds is 5. The molecule has 0 aliphatic heterocycles. The average molecular weight is 405 g/mol. The molecule has 0 saturated heterocycles. The topological polar surface area (TPSA) is 34.5 Å². The molecule has 3 rings (SSSR count). The maximum atomic E-state index is 12.7. The number of hydrogen-bond acceptors (Lipinski definition) is 3. The van der Waals surface area contributed by atoms with Crippen LogP contribution in [0.25, 0.3) is 11.3 Å². The number of nitrogens with zero attached hydrogens (tertiary/aromatic N) is 2. The standard InChI is InChI=1S/C21H16ClF3N2O/c1-14-2-4-16(5-3-14)13-28-27-11-15-6-8-17(9-7-15)20-19(22)10-18(12-26-20)21(23,24)25/h2-12H,13H2,1H3/b27-11-. The van der Waals surface area contributed by atoms with E-state index >= 15 is 0 Å². The van der Waals surface area contributed by atoms with E-state index in [1.165, 1.54) is 5.56 Å². The van der Waals surface area contributed by atoms with Crippen LogP contribution >= 0.6 is 11.6 Å². The summed E-state index contributed by atoms with van der Waals surface area (Å²) < 4.78 is 38.1. The minimum atomic E-state index is -4.48. The van der Waals surface area contributed by atoms with E-state index in [1.54, 1.807) is 30.5 Å². The van der Waals surface area contributed by atoms with Gasteiger partial charge < -0.3 is 4.84 Å². The van der Waals surface area contributed by atoms with Crippen molar-refractivity contribution in [3.05, 3.63) is 88.1 Å². The van der Waals surface area contributed by atoms with Crippen LogP contribution in [-0.4, -0.2) is 11.2 Å². The molecule has 1 aromatic heterocycles. The van der Waals surface area contributed by atoms with Gasteiger partial charge in [-0.3, -0.25) is 4.98 Å². The Morgan fingerprint density at radius 1 is 1.07 bits per heavy atom. The van der Waals surface area contributed by atoms with Crippen molar-refractivity contribution in [1.29, 1.82) is 0 Å². The van der Waals surface area contributed by atoms with E-state index in [0.717, 1.165) is 23.4 Å². The number of benzene rings is 2. The highest BCUT2D eigenvalue weighted by Crippen LogP contribution is 2.33. The van der Waals surface area contributed by atoms with Gasteiger partial charge in [-0.15, -0.1) is 0 Å². The first kappa shape index (κ1) is 19.9. The Labute approximate surface area is 165 Å². The van der Waals surface area contributed by atoms with Crippen molar-refractivity contribution in [3.63, 3.8) is 0 Å². The molecule has 0 unspecified atom stereocenters. The summed E-state index contributed by atoms with van der Waals surface area (Å²) in [6, 6.07) is 15.8. The number of aryl methyl sites for hydroxylation is 1. The Balaban J connectivity index is 1.64. The van der Waals surface area contributed by atoms with Crippen LogP contribution in [0.4, 0.5) is 13.2 Å². The van der Waals surface area contributed by atoms with Crippen LogP contribution in [-0.2, 0) is 17.6 Å². The molecule has 28 heavy (non-hydrogen) atoms. The summed E-state index contributed by atoms with van der Waals surface area (Å²) in [5.41, 5.74) is 2.98. The van der Waals surface area contributed by atoms with Crippen molar-refractivity contribution in [3.8, 4) is 11.3 Å². The molecule has 144 valence electrons. The first-order chi connectivity index (χ1) is 13.3. The van der Waals surface area contributed by atoms with Crippen LogP contribution in [0.1, 0.15) is 22.3 Å². The molecule has 0 spiro atoms. The van der Waals surface area contributed by atoms with E-state index in [9.17, 15) is 13.2 Å². The number of oxime groups is 1. The fraction of sp³-hybridized carbons (Fsp3) is 0.143. The van der Waals surface area contributed by atoms with Gasteiger partial charge in [0.15, 0.2) is 0 Å². The first-order valence-corrected chi connectivity index (χ1v) is 8.75. The lowest BCUT2D eigenvalue weighted by molar-refractivity contribution is -0.137. The summed E-state index contributed by atoms with van der Waals surface area (Å²) in [5, 5.41) is 3.87. The van der Waals surface area contributed by atoms with E-state index in [2.05, 4.69) is 10.1 Å². The molecule has 0 aliphatic carbocycles. The number of hydrogen-bond donors (Lipinski definition) is 0. The van der Waals surface area contributed by atoms with E-state index in [1.807, 2.05) is 31.2 Å². The summed E-state index contributed by atoms with van der Waals surface area (Å²) in [6.45, 7) is 2.37. The lowest BCUT2D eigenvalue weighted by Gasteiger charge is -2.09. The Bertz CT molecular complexity index is 968. The van der Waals surface area contributed by atoms with Crippen molar-refractivity contribution >= 4 is 17.8 Å². The zero-order chi connectivity index (χ0) is 20.1. The Hall–Kier alpha value is -2.86. The van der Waals surface area contributed by atoms with Gasteiger partial charge in [0, 0.05) is 11.8 Å². The molecule has 0 N–H and O–H groups in total. The van der Waals surface area contributed by atoms with Gasteiger partial charge in [-0.1, -0.05) is 70.9 Å². The van der Waals surface area contributed by atoms with Crippen LogP contribution < -0.4 is 0 Å². The van der Waals surface area contributed by atoms with Gasteiger partial charge in [-0.2, -0.15) is 13.2 Å². The SMILES string of the molecule is Cc1ccc(CO/N=C\c2ccc(-c3ncc(C(F)(F)F)cc3Cl)cc2)cc1. The predicted molar refractivity (Wildman–Crippen MR) is 103 cm³/mol. The normalized spacial score (nSPS) is 11.8. The number of pyridine rings is 1. The maximum absolute atomic E-state index is 12.7. The molecule has 2 aromatic carbocycles. The molecule has 0 amide bonds. The Morgan fingerprint density at radius 2 is 1.75 bits per heavy atom. The lowest BCUT2D eigenvalue weighted by Crippen LogP contribution is -2.05. The second-order valence-electron chi connectivity index (χ2n) is 6.17. The quantitative estimate of drug-likeness (QED) is 0.370. The largest absolute Gasteiger partial charge is 0.417 e. The third-order valence-electron chi connectivity index (χ3n) is 3.98. The second kappa shape index (κ2) is 8.44. The Morgan fingerprint density at radius 3 is 2.36 bits per heavy atom. The van der Waals surface area contributed by atoms with Gasteiger partial charge in [-0.05, 0) is 24.1 Å². The minimum absolute atomic E-state index is 0.0577. The van der Waals surface area contributed by atoms with Crippen LogP contribution in [0, 0.1) is 6.92 Å². The van der Waals surface area contributed by atoms with Gasteiger partial charge in [0.2, 0.25) is 0 Å². The van der Waals surface area contributed by atoms with Gasteiger partial charge >= 0.3 is 6.18 Å². The molecule has 0 bridgehead atoms. The van der Waals surface area contributed by atoms with Crippen LogP contribution in [0.2, 0.25) is 5.02 Å². The van der Waals surface area contributed by atoms with Gasteiger partial charge in [0.25, 0.3) is 0 Å². The fourth-order valence-electron chi connectivity index (χ4n) is 2.43. The molecule has 0 radical (unpaired) electrons. The van der Waals surface area contributed by atoms with Gasteiger partial charge in [-0.25, -0.2) is 0 Å². The maximum Gasteiger partial charge on any atom is 0.417 e. The summed E-state index contributed by atoms with van der Waals surface area (Å²) >= 11 is 5.97. The van der Waals surface area contributed by atoms with Gasteiger partial charge in [0.1, 0.15) is 6.61 Å². The molecular formula is C21H16ClF3N2O. The highest BCUT2D eigenvalue weighted by molar-refractivity contribution is 6.33. The highest BCUT2D eigenvalue weighted by atomic mass is 35.5. The summed E-state index contributed by atoms with van der Waals surface area (Å²) in [6.07, 6.45) is -2.15. The van der Waals surface area contributed by atoms with Crippen LogP contribution in [0.5, 0.6) is 0 Å². The molecule has 0 atom stereocenters. The number of alkyl halides is 3. The second-order valence-corrected chi connectivity index (χ2v) is 6.57. The predicted octanol–water partition coefficient (Wildman–Crippen LogP) is 6.28. The van der Waals surface area contributed by atoms with Crippen molar-refractivity contribution < 1.29 is 18.0 Å². The van der Waals surface area contributed by atoms with E-state index in [-0.39, 0.29) is 10.7 Å². The average Bonchev–Trinajstić information content (AvgIpc) is 2.66. The molecule has 0 saturated carbocycles. The minimum Gasteiger partial charge on any atom is -0.391 e. The lowest BCUT2D eigenvalue weighted by atomic mass is 10.1. The van der Waals surface area contributed by atoms with Crippen molar-refractivity contribution in [2.45, 2.75) is 19.7 Å². The zero-order valence-electron chi connectivity index (χ0n) is 14.9. The molecule has 3 nitrogen and oxygen atoms in total. The first-order valence-electron chi connectivity index (χ1n) is 8.37. The molecule has 7 heteroatoms. The van der Waals surface area contributed by atoms with E-state index in [4.69, 9.17) is 16.4 Å². The number of aromatic nitrogens is 1. The smallest absolute Gasteiger partial charge is 0.391 e. The summed E-state index contributed by atoms with van der Waals surface area (Å²) in [5.74, 6) is 0. The van der Waals surface area contributed by atoms with Crippen molar-refractivity contribution in [2.75, 3.05) is 0 Å². The van der Waals surface area contributed by atoms with Crippen LogP contribution in [0.3, 0.4) is 0 Å². The Kier molecular flexibility index (Phi) is 5.99. The summed E-state index contributed by atoms with van der Waals surface area (Å²) in [4.78, 5) is 9.12. The summed E-state index contributed by atoms with van der Waals surface area (Å²) in [7, 11) is 0. The molecule has 3 aromatic rings. The molecule has 0 fully saturated rings. The third kappa shape index (κ3) is 5.10. The van der Waals surface area contributed by atoms with Crippen molar-refractivity contribution in [2.24, 2.45) is 5.16 Å². The molecular weight excluding hydrogens is 389 g/mol. The molecule has 0 aliphatic rings. The highest BCUT2D eigenvalue weighted by Gasteiger charge is 2.31. The molecule has 1 heterocycles. The number of halogens is 4. The monoisotopic (exact) mass is 404 g/mol. The fourth-order valence-corrected chi connectivity index (χ4v) is 2.70.